The van der Waals surface area contributed by atoms with Crippen molar-refractivity contribution in [2.45, 2.75) is 13.0 Å². The number of ether oxygens (including phenoxy) is 2. The molecule has 0 aromatic heterocycles. The van der Waals surface area contributed by atoms with Crippen LogP contribution >= 0.6 is 12.6 Å². The van der Waals surface area contributed by atoms with E-state index in [9.17, 15) is 19.5 Å². The van der Waals surface area contributed by atoms with Gasteiger partial charge in [-0.15, -0.1) is 25.5 Å². The first-order chi connectivity index (χ1) is 19.4. The average Bonchev–Trinajstić information content (AvgIpc) is 2.92. The number of hydrogen-bond acceptors (Lipinski definition) is 6. The van der Waals surface area contributed by atoms with Crippen LogP contribution in [0.25, 0.3) is 0 Å². The normalized spacial score (nSPS) is 6.53. The van der Waals surface area contributed by atoms with Gasteiger partial charge in [-0.3, -0.25) is 4.79 Å². The molecular formula is C33H60O6S. The van der Waals surface area contributed by atoms with Crippen LogP contribution in [0.1, 0.15) is 41.2 Å². The summed E-state index contributed by atoms with van der Waals surface area (Å²) in [6, 6.07) is 0. The molecule has 0 bridgehead atoms. The second kappa shape index (κ2) is 28.4. The third-order valence-corrected chi connectivity index (χ3v) is 2.48. The van der Waals surface area contributed by atoms with Crippen molar-refractivity contribution < 1.29 is 63.2 Å². The number of carbonyl (C=O) groups excluding carboxylic acids is 3. The van der Waals surface area contributed by atoms with E-state index in [4.69, 9.17) is 22.3 Å². The highest BCUT2D eigenvalue weighted by Crippen LogP contribution is 1.94. The molecule has 7 heteroatoms. The molecule has 0 aliphatic heterocycles. The van der Waals surface area contributed by atoms with E-state index in [1.807, 2.05) is 0 Å². The van der Waals surface area contributed by atoms with E-state index in [1.54, 1.807) is 0 Å². The first kappa shape index (κ1) is 35.4. The van der Waals surface area contributed by atoms with E-state index in [0.29, 0.717) is 0 Å². The van der Waals surface area contributed by atoms with Crippen molar-refractivity contribution in [3.8, 4) is 155 Å². The fourth-order valence-electron chi connectivity index (χ4n) is 1.25. The topological polar surface area (TPSA) is 89.9 Å². The molecule has 0 amide bonds. The predicted molar refractivity (Wildman–Crippen MR) is 202 cm³/mol. The van der Waals surface area contributed by atoms with Gasteiger partial charge in [-0.25, -0.2) is 9.59 Å². The van der Waals surface area contributed by atoms with Gasteiger partial charge in [0.1, 0.15) is 6.61 Å². The molecule has 0 saturated carbocycles. The lowest BCUT2D eigenvalue weighted by Gasteiger charge is -2.12. The Bertz CT molecular complexity index is 1830. The van der Waals surface area contributed by atoms with Crippen molar-refractivity contribution in [1.29, 1.82) is 0 Å². The molecule has 0 aromatic rings. The number of aliphatic hydroxyl groups excluding tert-OH is 1. The van der Waals surface area contributed by atoms with E-state index in [0.717, 1.165) is 0 Å². The van der Waals surface area contributed by atoms with Crippen LogP contribution in [0, 0.1) is 155 Å². The van der Waals surface area contributed by atoms with Crippen LogP contribution in [-0.4, -0.2) is 41.5 Å². The summed E-state index contributed by atoms with van der Waals surface area (Å²) in [6.07, 6.45) is 8.66. The molecule has 0 aliphatic rings. The number of thiol groups is 1. The third kappa shape index (κ3) is 31.2. The van der Waals surface area contributed by atoms with Gasteiger partial charge in [-0.1, -0.05) is 0 Å². The summed E-state index contributed by atoms with van der Waals surface area (Å²) in [6.45, 7) is 0.318. The van der Waals surface area contributed by atoms with Gasteiger partial charge in [0.2, 0.25) is 0 Å². The smallest absolute Gasteiger partial charge is 0.385 e. The minimum Gasteiger partial charge on any atom is -0.452 e. The van der Waals surface area contributed by atoms with E-state index >= 15 is 0 Å². The maximum Gasteiger partial charge on any atom is 0.385 e. The van der Waals surface area contributed by atoms with Gasteiger partial charge >= 0.3 is 11.9 Å². The van der Waals surface area contributed by atoms with Crippen molar-refractivity contribution in [3.05, 3.63) is 0 Å². The molecule has 0 aromatic carbocycles. The van der Waals surface area contributed by atoms with Crippen LogP contribution in [0.3, 0.4) is 0 Å². The summed E-state index contributed by atoms with van der Waals surface area (Å²) >= 11 is 3.33. The van der Waals surface area contributed by atoms with Gasteiger partial charge in [0.05, 0.1) is 6.61 Å². The van der Waals surface area contributed by atoms with E-state index in [-0.39, 0.29) is 39.4 Å². The SMILES string of the molecule is C#CC#CC#CC#CC#CC#CC#CC(=O)O[C@@H](CO)COC(=O)C#CC#CC#CC#CC#CC#C.CC(=O)S.[HH].[HH].[HH].[HH].[HH].[HH].[HH].[HH].[HH].[HH].[HH].[HH].[HH].[HH].[HH].[HH].[HH].[HH].[HH].[HH].[HH].[HH].[HH].[HH]. The van der Waals surface area contributed by atoms with Crippen LogP contribution in [-0.2, 0) is 23.9 Å². The number of rotatable bonds is 4. The van der Waals surface area contributed by atoms with Crippen molar-refractivity contribution in [2.75, 3.05) is 13.2 Å². The molecule has 1 N–H and O–H groups in total. The molecule has 0 rings (SSSR count). The van der Waals surface area contributed by atoms with Crippen LogP contribution < -0.4 is 0 Å². The fourth-order valence-corrected chi connectivity index (χ4v) is 1.25. The van der Waals surface area contributed by atoms with Crippen LogP contribution in [0.4, 0.5) is 0 Å². The Hall–Kier alpha value is -6.80. The van der Waals surface area contributed by atoms with Crippen molar-refractivity contribution in [2.24, 2.45) is 0 Å². The van der Waals surface area contributed by atoms with Gasteiger partial charge in [0, 0.05) is 53.0 Å². The lowest BCUT2D eigenvalue weighted by atomic mass is 10.4. The van der Waals surface area contributed by atoms with Gasteiger partial charge in [0.25, 0.3) is 0 Å². The Balaban J connectivity index is -0.0000000206. The molecule has 0 fully saturated rings. The number of esters is 2. The Morgan fingerprint density at radius 3 is 1.27 bits per heavy atom. The first-order valence-electron chi connectivity index (χ1n) is 9.98. The molecule has 40 heavy (non-hydrogen) atoms. The van der Waals surface area contributed by atoms with Crippen molar-refractivity contribution in [3.63, 3.8) is 0 Å². The van der Waals surface area contributed by atoms with Gasteiger partial charge < -0.3 is 14.6 Å². The molecule has 234 valence electrons. The minimum atomic E-state index is -1.15. The Morgan fingerprint density at radius 2 is 0.950 bits per heavy atom. The van der Waals surface area contributed by atoms with Crippen molar-refractivity contribution >= 4 is 29.7 Å². The first-order valence-corrected chi connectivity index (χ1v) is 10.4. The molecule has 0 unspecified atom stereocenters. The van der Waals surface area contributed by atoms with E-state index < -0.39 is 31.3 Å². The van der Waals surface area contributed by atoms with Crippen LogP contribution in [0.2, 0.25) is 0 Å². The Kier molecular flexibility index (Phi) is 25.1. The highest BCUT2D eigenvalue weighted by atomic mass is 32.1. The van der Waals surface area contributed by atoms with E-state index in [2.05, 4.69) is 155 Å². The zero-order chi connectivity index (χ0) is 30.1. The predicted octanol–water partition coefficient (Wildman–Crippen LogP) is 5.10. The van der Waals surface area contributed by atoms with Crippen LogP contribution in [0.15, 0.2) is 0 Å². The molecule has 0 spiro atoms. The lowest BCUT2D eigenvalue weighted by Crippen LogP contribution is -2.27. The minimum absolute atomic E-state index is 0. The largest absolute Gasteiger partial charge is 0.452 e. The maximum atomic E-state index is 11.6. The maximum absolute atomic E-state index is 11.6. The van der Waals surface area contributed by atoms with Gasteiger partial charge in [0.15, 0.2) is 11.2 Å². The summed E-state index contributed by atoms with van der Waals surface area (Å²) in [5.41, 5.74) is 0. The monoisotopic (exact) mass is 584 g/mol. The number of terminal acetylenes is 2. The quantitative estimate of drug-likeness (QED) is 0.207. The number of aliphatic hydroxyl groups is 1. The van der Waals surface area contributed by atoms with Crippen LogP contribution in [0.5, 0.6) is 0 Å². The van der Waals surface area contributed by atoms with Gasteiger partial charge in [-0.05, 0) is 130 Å². The summed E-state index contributed by atoms with van der Waals surface area (Å²) in [5.74, 6) is 53.1. The average molecular weight is 585 g/mol. The fraction of sp³-hybridized carbons (Fsp3) is 0.121. The lowest BCUT2D eigenvalue weighted by molar-refractivity contribution is -0.153. The number of carbonyl (C=O) groups is 3. The third-order valence-electron chi connectivity index (χ3n) is 2.48. The summed E-state index contributed by atoms with van der Waals surface area (Å²) < 4.78 is 9.58. The highest BCUT2D eigenvalue weighted by Gasteiger charge is 2.14. The summed E-state index contributed by atoms with van der Waals surface area (Å²) in [4.78, 5) is 32.4. The number of hydrogen-bond donors (Lipinski definition) is 2. The molecule has 1 atom stereocenters. The second-order valence-corrected chi connectivity index (χ2v) is 6.00. The van der Waals surface area contributed by atoms with E-state index in [1.165, 1.54) is 6.92 Å². The molecular weight excluding hydrogens is 524 g/mol. The highest BCUT2D eigenvalue weighted by molar-refractivity contribution is 7.96. The molecule has 6 nitrogen and oxygen atoms in total. The molecule has 0 saturated heterocycles. The van der Waals surface area contributed by atoms with Gasteiger partial charge in [-0.2, -0.15) is 0 Å². The zero-order valence-corrected chi connectivity index (χ0v) is 21.5. The standard InChI is InChI=1S/C31H8O5.C2H4OS.24H2/c1-3-5-7-9-11-13-15-16-18-20-22-24-26-31(34)36-29(27-32)28-35-30(33)25-23-21-19-17-14-12-10-8-6-4-2;1-2(3)4;;;;;;;;;;;;;;;;;;;;;;;;/h1-2,29,32H,27-28H2;1H3,(H,3,4);24*1H/t29-;;;;;;;;;;;;;;;;;;;;;;;;;/m0........................./s1. The molecule has 0 heterocycles. The zero-order valence-electron chi connectivity index (χ0n) is 20.6. The molecule has 0 aliphatic carbocycles. The van der Waals surface area contributed by atoms with Crippen molar-refractivity contribution in [1.82, 2.24) is 0 Å². The molecule has 0 radical (unpaired) electrons. The Morgan fingerprint density at radius 1 is 0.650 bits per heavy atom. The summed E-state index contributed by atoms with van der Waals surface area (Å²) in [7, 11) is 0. The second-order valence-electron chi connectivity index (χ2n) is 5.37. The Labute approximate surface area is 275 Å². The summed E-state index contributed by atoms with van der Waals surface area (Å²) in [5, 5.41) is 9.08.